The molecular weight excluding hydrogens is 468 g/mol. The van der Waals surface area contributed by atoms with Crippen LogP contribution in [0.15, 0.2) is 91.0 Å². The average Bonchev–Trinajstić information content (AvgIpc) is 2.86. The van der Waals surface area contributed by atoms with Crippen LogP contribution in [0.2, 0.25) is 18.1 Å². The Morgan fingerprint density at radius 2 is 1.22 bits per heavy atom. The van der Waals surface area contributed by atoms with E-state index in [9.17, 15) is 9.59 Å². The van der Waals surface area contributed by atoms with E-state index in [1.807, 2.05) is 91.0 Å². The van der Waals surface area contributed by atoms with Crippen molar-refractivity contribution in [3.8, 4) is 0 Å². The number of esters is 2. The number of carbonyl (C=O) groups excluding carboxylic acids is 2. The van der Waals surface area contributed by atoms with Crippen molar-refractivity contribution in [2.75, 3.05) is 6.61 Å². The molecule has 0 spiro atoms. The van der Waals surface area contributed by atoms with E-state index in [4.69, 9.17) is 13.9 Å². The van der Waals surface area contributed by atoms with Crippen LogP contribution in [-0.4, -0.2) is 33.0 Å². The van der Waals surface area contributed by atoms with Gasteiger partial charge in [0.15, 0.2) is 8.32 Å². The second kappa shape index (κ2) is 12.1. The van der Waals surface area contributed by atoms with Gasteiger partial charge in [-0.3, -0.25) is 4.79 Å². The van der Waals surface area contributed by atoms with Crippen LogP contribution in [0.25, 0.3) is 0 Å². The highest BCUT2D eigenvalue weighted by molar-refractivity contribution is 6.74. The quantitative estimate of drug-likeness (QED) is 0.233. The van der Waals surface area contributed by atoms with Gasteiger partial charge in [0.1, 0.15) is 12.5 Å². The van der Waals surface area contributed by atoms with E-state index in [2.05, 4.69) is 33.9 Å². The maximum Gasteiger partial charge on any atom is 0.350 e. The molecule has 36 heavy (non-hydrogen) atoms. The monoisotopic (exact) mass is 504 g/mol. The summed E-state index contributed by atoms with van der Waals surface area (Å²) in [6.07, 6.45) is -1.18. The van der Waals surface area contributed by atoms with Crippen molar-refractivity contribution in [1.29, 1.82) is 0 Å². The molecule has 6 heteroatoms. The van der Waals surface area contributed by atoms with Crippen LogP contribution < -0.4 is 0 Å². The molecule has 0 saturated heterocycles. The summed E-state index contributed by atoms with van der Waals surface area (Å²) in [7, 11) is -2.21. The number of benzene rings is 3. The highest BCUT2D eigenvalue weighted by Gasteiger charge is 2.39. The van der Waals surface area contributed by atoms with Crippen molar-refractivity contribution in [2.45, 2.75) is 57.5 Å². The van der Waals surface area contributed by atoms with Gasteiger partial charge in [-0.25, -0.2) is 4.79 Å². The van der Waals surface area contributed by atoms with Crippen LogP contribution in [0, 0.1) is 0 Å². The summed E-state index contributed by atoms with van der Waals surface area (Å²) in [5.74, 6) is -1.82. The molecule has 0 fully saturated rings. The van der Waals surface area contributed by atoms with Gasteiger partial charge >= 0.3 is 11.9 Å². The van der Waals surface area contributed by atoms with Gasteiger partial charge in [0.2, 0.25) is 6.10 Å². The van der Waals surface area contributed by atoms with Crippen molar-refractivity contribution >= 4 is 20.3 Å². The van der Waals surface area contributed by atoms with E-state index in [0.717, 1.165) is 16.7 Å². The lowest BCUT2D eigenvalue weighted by atomic mass is 9.91. The van der Waals surface area contributed by atoms with Crippen molar-refractivity contribution < 1.29 is 23.5 Å². The van der Waals surface area contributed by atoms with Crippen LogP contribution in [0.3, 0.4) is 0 Å². The first-order valence-electron chi connectivity index (χ1n) is 12.2. The SMILES string of the molecule is CC(C)(C)[Si](C)(C)OC[C@@H](OC(=O)C(c1ccccc1)c1ccccc1)C(=O)OCc1ccccc1. The minimum absolute atomic E-state index is 0.0494. The minimum Gasteiger partial charge on any atom is -0.458 e. The third kappa shape index (κ3) is 7.39. The Hall–Kier alpha value is -3.22. The van der Waals surface area contributed by atoms with Gasteiger partial charge in [0.25, 0.3) is 0 Å². The fourth-order valence-electron chi connectivity index (χ4n) is 3.44. The molecule has 0 radical (unpaired) electrons. The summed E-state index contributed by atoms with van der Waals surface area (Å²) in [4.78, 5) is 26.7. The molecule has 0 N–H and O–H groups in total. The van der Waals surface area contributed by atoms with E-state index in [-0.39, 0.29) is 18.3 Å². The van der Waals surface area contributed by atoms with E-state index in [0.29, 0.717) is 0 Å². The molecule has 0 aliphatic carbocycles. The highest BCUT2D eigenvalue weighted by atomic mass is 28.4. The Bertz CT molecular complexity index is 1070. The van der Waals surface area contributed by atoms with Gasteiger partial charge in [-0.1, -0.05) is 112 Å². The Morgan fingerprint density at radius 3 is 1.69 bits per heavy atom. The molecule has 0 aromatic heterocycles. The fourth-order valence-corrected chi connectivity index (χ4v) is 4.44. The molecule has 0 heterocycles. The van der Waals surface area contributed by atoms with Crippen LogP contribution in [0.1, 0.15) is 43.4 Å². The van der Waals surface area contributed by atoms with E-state index >= 15 is 0 Å². The lowest BCUT2D eigenvalue weighted by Crippen LogP contribution is -2.45. The first kappa shape index (κ1) is 27.4. The zero-order valence-corrected chi connectivity index (χ0v) is 22.8. The topological polar surface area (TPSA) is 61.8 Å². The summed E-state index contributed by atoms with van der Waals surface area (Å²) >= 11 is 0. The van der Waals surface area contributed by atoms with Gasteiger partial charge in [-0.15, -0.1) is 0 Å². The minimum atomic E-state index is -2.21. The predicted molar refractivity (Wildman–Crippen MR) is 144 cm³/mol. The van der Waals surface area contributed by atoms with Crippen molar-refractivity contribution in [3.63, 3.8) is 0 Å². The molecule has 3 aromatic carbocycles. The summed E-state index contributed by atoms with van der Waals surface area (Å²) in [6, 6.07) is 28.3. The Kier molecular flexibility index (Phi) is 9.23. The Morgan fingerprint density at radius 1 is 0.750 bits per heavy atom. The number of carbonyl (C=O) groups is 2. The molecule has 0 aliphatic rings. The second-order valence-corrected chi connectivity index (χ2v) is 15.2. The van der Waals surface area contributed by atoms with Gasteiger partial charge in [-0.2, -0.15) is 0 Å². The number of hydrogen-bond donors (Lipinski definition) is 0. The lowest BCUT2D eigenvalue weighted by molar-refractivity contribution is -0.171. The molecule has 0 amide bonds. The summed E-state index contributed by atoms with van der Waals surface area (Å²) < 4.78 is 17.7. The lowest BCUT2D eigenvalue weighted by Gasteiger charge is -2.37. The van der Waals surface area contributed by atoms with Gasteiger partial charge < -0.3 is 13.9 Å². The fraction of sp³-hybridized carbons (Fsp3) is 0.333. The number of ether oxygens (including phenoxy) is 2. The molecular formula is C30H36O5Si. The average molecular weight is 505 g/mol. The van der Waals surface area contributed by atoms with Gasteiger partial charge in [-0.05, 0) is 34.8 Å². The van der Waals surface area contributed by atoms with Crippen molar-refractivity contribution in [2.24, 2.45) is 0 Å². The van der Waals surface area contributed by atoms with Crippen LogP contribution >= 0.6 is 0 Å². The van der Waals surface area contributed by atoms with Crippen LogP contribution in [0.5, 0.6) is 0 Å². The Balaban J connectivity index is 1.83. The third-order valence-electron chi connectivity index (χ3n) is 6.65. The third-order valence-corrected chi connectivity index (χ3v) is 11.1. The van der Waals surface area contributed by atoms with Gasteiger partial charge in [0.05, 0.1) is 6.61 Å². The molecule has 0 bridgehead atoms. The summed E-state index contributed by atoms with van der Waals surface area (Å²) in [5.41, 5.74) is 2.43. The molecule has 0 aliphatic heterocycles. The molecule has 190 valence electrons. The smallest absolute Gasteiger partial charge is 0.350 e. The molecule has 5 nitrogen and oxygen atoms in total. The molecule has 3 rings (SSSR count). The summed E-state index contributed by atoms with van der Waals surface area (Å²) in [5, 5.41) is -0.0634. The summed E-state index contributed by atoms with van der Waals surface area (Å²) in [6.45, 7) is 10.6. The first-order valence-corrected chi connectivity index (χ1v) is 15.1. The number of rotatable bonds is 10. The zero-order valence-electron chi connectivity index (χ0n) is 21.8. The molecule has 1 atom stereocenters. The first-order chi connectivity index (χ1) is 17.1. The molecule has 3 aromatic rings. The highest BCUT2D eigenvalue weighted by Crippen LogP contribution is 2.37. The number of hydrogen-bond acceptors (Lipinski definition) is 5. The molecule has 0 saturated carbocycles. The van der Waals surface area contributed by atoms with Crippen molar-refractivity contribution in [1.82, 2.24) is 0 Å². The van der Waals surface area contributed by atoms with E-state index in [1.54, 1.807) is 0 Å². The predicted octanol–water partition coefficient (Wildman–Crippen LogP) is 6.50. The molecule has 0 unspecified atom stereocenters. The normalized spacial score (nSPS) is 12.7. The largest absolute Gasteiger partial charge is 0.458 e. The zero-order chi connectivity index (χ0) is 26.2. The maximum atomic E-state index is 13.6. The second-order valence-electron chi connectivity index (χ2n) is 10.3. The van der Waals surface area contributed by atoms with E-state index in [1.165, 1.54) is 0 Å². The maximum absolute atomic E-state index is 13.6. The van der Waals surface area contributed by atoms with E-state index < -0.39 is 32.3 Å². The van der Waals surface area contributed by atoms with Crippen molar-refractivity contribution in [3.05, 3.63) is 108 Å². The van der Waals surface area contributed by atoms with Crippen LogP contribution in [-0.2, 0) is 30.1 Å². The van der Waals surface area contributed by atoms with Gasteiger partial charge in [0, 0.05) is 0 Å². The van der Waals surface area contributed by atoms with Crippen LogP contribution in [0.4, 0.5) is 0 Å². The Labute approximate surface area is 215 Å². The standard InChI is InChI=1S/C30H36O5Si/c1-30(2,3)36(4,5)34-22-26(28(31)33-21-23-15-9-6-10-16-23)35-29(32)27(24-17-11-7-12-18-24)25-19-13-8-14-20-25/h6-20,26-27H,21-22H2,1-5H3/t26-/m1/s1.